The van der Waals surface area contributed by atoms with Crippen LogP contribution in [0.1, 0.15) is 29.8 Å². The van der Waals surface area contributed by atoms with E-state index in [1.54, 1.807) is 13.0 Å². The molecule has 0 heterocycles. The molecule has 1 aromatic rings. The fraction of sp³-hybridized carbons (Fsp3) is 0.364. The summed E-state index contributed by atoms with van der Waals surface area (Å²) < 4.78 is 5.36. The fourth-order valence-corrected chi connectivity index (χ4v) is 1.52. The largest absolute Gasteiger partial charge is 0.491 e. The van der Waals surface area contributed by atoms with Gasteiger partial charge >= 0.3 is 0 Å². The number of halogens is 1. The molecule has 0 fully saturated rings. The lowest BCUT2D eigenvalue weighted by atomic mass is 10.1. The molecule has 4 heteroatoms. The van der Waals surface area contributed by atoms with Gasteiger partial charge in [0.25, 0.3) is 0 Å². The average Bonchev–Trinajstić information content (AvgIpc) is 2.18. The van der Waals surface area contributed by atoms with Crippen molar-refractivity contribution in [2.75, 3.05) is 12.3 Å². The van der Waals surface area contributed by atoms with E-state index in [4.69, 9.17) is 22.1 Å². The summed E-state index contributed by atoms with van der Waals surface area (Å²) in [5, 5.41) is 0.487. The molecule has 1 rings (SSSR count). The van der Waals surface area contributed by atoms with Gasteiger partial charge in [-0.15, -0.1) is 0 Å². The number of Topliss-reactive ketones (excluding diaryl/α,β-unsaturated/α-hetero) is 1. The van der Waals surface area contributed by atoms with E-state index in [0.717, 1.165) is 5.56 Å². The minimum atomic E-state index is -0.105. The maximum Gasteiger partial charge on any atom is 0.163 e. The van der Waals surface area contributed by atoms with Crippen LogP contribution in [0.25, 0.3) is 0 Å². The lowest BCUT2D eigenvalue weighted by molar-refractivity contribution is 0.101. The van der Waals surface area contributed by atoms with E-state index in [-0.39, 0.29) is 5.78 Å². The Morgan fingerprint density at radius 3 is 2.67 bits per heavy atom. The van der Waals surface area contributed by atoms with Crippen molar-refractivity contribution in [2.45, 2.75) is 20.8 Å². The van der Waals surface area contributed by atoms with E-state index in [2.05, 4.69) is 0 Å². The molecule has 0 amide bonds. The normalized spacial score (nSPS) is 10.1. The van der Waals surface area contributed by atoms with Gasteiger partial charge < -0.3 is 10.5 Å². The number of benzene rings is 1. The Labute approximate surface area is 94.2 Å². The van der Waals surface area contributed by atoms with Crippen LogP contribution in [0.15, 0.2) is 6.07 Å². The molecule has 0 radical (unpaired) electrons. The number of anilines is 1. The van der Waals surface area contributed by atoms with Crippen molar-refractivity contribution < 1.29 is 9.53 Å². The number of ether oxygens (including phenoxy) is 1. The average molecular weight is 228 g/mol. The quantitative estimate of drug-likeness (QED) is 0.638. The van der Waals surface area contributed by atoms with Gasteiger partial charge in [0.05, 0.1) is 17.9 Å². The van der Waals surface area contributed by atoms with Crippen molar-refractivity contribution in [3.8, 4) is 5.75 Å². The molecule has 0 spiro atoms. The highest BCUT2D eigenvalue weighted by Gasteiger charge is 2.16. The third-order valence-corrected chi connectivity index (χ3v) is 2.58. The van der Waals surface area contributed by atoms with Gasteiger partial charge in [-0.05, 0) is 32.4 Å². The number of carbonyl (C=O) groups excluding carboxylic acids is 1. The van der Waals surface area contributed by atoms with Crippen molar-refractivity contribution in [3.05, 3.63) is 22.2 Å². The van der Waals surface area contributed by atoms with Gasteiger partial charge in [-0.1, -0.05) is 11.6 Å². The molecule has 2 N–H and O–H groups in total. The first-order valence-electron chi connectivity index (χ1n) is 4.71. The standard InChI is InChI=1S/C11H14ClNO2/c1-4-15-11-8(7(3)14)5-9(12)6(2)10(11)13/h5H,4,13H2,1-3H3. The Kier molecular flexibility index (Phi) is 3.58. The SMILES string of the molecule is CCOc1c(C(C)=O)cc(Cl)c(C)c1N. The van der Waals surface area contributed by atoms with Gasteiger partial charge in [-0.2, -0.15) is 0 Å². The van der Waals surface area contributed by atoms with Crippen molar-refractivity contribution in [1.82, 2.24) is 0 Å². The Hall–Kier alpha value is -1.22. The molecule has 0 saturated heterocycles. The number of nitrogens with two attached hydrogens (primary N) is 1. The monoisotopic (exact) mass is 227 g/mol. The highest BCUT2D eigenvalue weighted by Crippen LogP contribution is 2.35. The molecule has 0 aromatic heterocycles. The van der Waals surface area contributed by atoms with Crippen LogP contribution in [-0.2, 0) is 0 Å². The number of nitrogen functional groups attached to an aromatic ring is 1. The number of hydrogen-bond donors (Lipinski definition) is 1. The Morgan fingerprint density at radius 2 is 2.20 bits per heavy atom. The molecule has 0 aliphatic carbocycles. The van der Waals surface area contributed by atoms with Crippen LogP contribution in [0, 0.1) is 6.92 Å². The van der Waals surface area contributed by atoms with Gasteiger partial charge in [-0.25, -0.2) is 0 Å². The van der Waals surface area contributed by atoms with Crippen molar-refractivity contribution in [1.29, 1.82) is 0 Å². The second-order valence-corrected chi connectivity index (χ2v) is 3.67. The fourth-order valence-electron chi connectivity index (χ4n) is 1.31. The second kappa shape index (κ2) is 4.53. The summed E-state index contributed by atoms with van der Waals surface area (Å²) in [5.74, 6) is 0.332. The topological polar surface area (TPSA) is 52.3 Å². The van der Waals surface area contributed by atoms with Gasteiger partial charge in [0, 0.05) is 5.02 Å². The molecular formula is C11H14ClNO2. The van der Waals surface area contributed by atoms with Gasteiger partial charge in [0.1, 0.15) is 0 Å². The van der Waals surface area contributed by atoms with E-state index in [1.165, 1.54) is 6.92 Å². The molecule has 0 bridgehead atoms. The van der Waals surface area contributed by atoms with E-state index in [0.29, 0.717) is 28.6 Å². The number of rotatable bonds is 3. The van der Waals surface area contributed by atoms with E-state index in [9.17, 15) is 4.79 Å². The molecule has 0 unspecified atom stereocenters. The molecule has 3 nitrogen and oxygen atoms in total. The maximum absolute atomic E-state index is 11.4. The third kappa shape index (κ3) is 2.23. The number of ketones is 1. The summed E-state index contributed by atoms with van der Waals surface area (Å²) in [6.45, 7) is 5.56. The Morgan fingerprint density at radius 1 is 1.60 bits per heavy atom. The molecule has 82 valence electrons. The molecule has 15 heavy (non-hydrogen) atoms. The smallest absolute Gasteiger partial charge is 0.163 e. The Bertz CT molecular complexity index is 402. The molecule has 0 saturated carbocycles. The van der Waals surface area contributed by atoms with Gasteiger partial charge in [-0.3, -0.25) is 4.79 Å². The van der Waals surface area contributed by atoms with E-state index < -0.39 is 0 Å². The predicted molar refractivity (Wildman–Crippen MR) is 61.8 cm³/mol. The van der Waals surface area contributed by atoms with Crippen LogP contribution in [-0.4, -0.2) is 12.4 Å². The summed E-state index contributed by atoms with van der Waals surface area (Å²) in [6, 6.07) is 1.60. The number of carbonyl (C=O) groups is 1. The third-order valence-electron chi connectivity index (χ3n) is 2.19. The van der Waals surface area contributed by atoms with Gasteiger partial charge in [0.2, 0.25) is 0 Å². The summed E-state index contributed by atoms with van der Waals surface area (Å²) >= 11 is 5.95. The minimum absolute atomic E-state index is 0.105. The van der Waals surface area contributed by atoms with E-state index >= 15 is 0 Å². The zero-order chi connectivity index (χ0) is 11.6. The lowest BCUT2D eigenvalue weighted by Crippen LogP contribution is -2.06. The first-order valence-corrected chi connectivity index (χ1v) is 5.09. The first kappa shape index (κ1) is 11.9. The highest BCUT2D eigenvalue weighted by molar-refractivity contribution is 6.32. The zero-order valence-electron chi connectivity index (χ0n) is 9.06. The predicted octanol–water partition coefficient (Wildman–Crippen LogP) is 2.83. The van der Waals surface area contributed by atoms with Crippen LogP contribution in [0.2, 0.25) is 5.02 Å². The lowest BCUT2D eigenvalue weighted by Gasteiger charge is -2.14. The van der Waals surface area contributed by atoms with E-state index in [1.807, 2.05) is 6.92 Å². The molecular weight excluding hydrogens is 214 g/mol. The minimum Gasteiger partial charge on any atom is -0.491 e. The molecule has 0 atom stereocenters. The summed E-state index contributed by atoms with van der Waals surface area (Å²) in [4.78, 5) is 11.4. The maximum atomic E-state index is 11.4. The van der Waals surface area contributed by atoms with Crippen LogP contribution in [0.4, 0.5) is 5.69 Å². The summed E-state index contributed by atoms with van der Waals surface area (Å²) in [7, 11) is 0. The summed E-state index contributed by atoms with van der Waals surface area (Å²) in [6.07, 6.45) is 0. The van der Waals surface area contributed by atoms with Crippen LogP contribution in [0.3, 0.4) is 0 Å². The van der Waals surface area contributed by atoms with Crippen LogP contribution >= 0.6 is 11.6 Å². The molecule has 1 aromatic carbocycles. The van der Waals surface area contributed by atoms with Crippen molar-refractivity contribution >= 4 is 23.1 Å². The van der Waals surface area contributed by atoms with Crippen LogP contribution in [0.5, 0.6) is 5.75 Å². The Balaban J connectivity index is 3.43. The van der Waals surface area contributed by atoms with Crippen LogP contribution < -0.4 is 10.5 Å². The zero-order valence-corrected chi connectivity index (χ0v) is 9.81. The van der Waals surface area contributed by atoms with Gasteiger partial charge in [0.15, 0.2) is 11.5 Å². The summed E-state index contributed by atoms with van der Waals surface area (Å²) in [5.41, 5.74) is 7.46. The molecule has 0 aliphatic rings. The highest BCUT2D eigenvalue weighted by atomic mass is 35.5. The first-order chi connectivity index (χ1) is 6.99. The van der Waals surface area contributed by atoms with Crippen molar-refractivity contribution in [3.63, 3.8) is 0 Å². The second-order valence-electron chi connectivity index (χ2n) is 3.26. The molecule has 0 aliphatic heterocycles. The number of hydrogen-bond acceptors (Lipinski definition) is 3. The van der Waals surface area contributed by atoms with Crippen molar-refractivity contribution in [2.24, 2.45) is 0 Å².